The summed E-state index contributed by atoms with van der Waals surface area (Å²) in [6, 6.07) is 0.0143. The monoisotopic (exact) mass is 302 g/mol. The van der Waals surface area contributed by atoms with Gasteiger partial charge in [0.25, 0.3) is 0 Å². The van der Waals surface area contributed by atoms with Crippen molar-refractivity contribution in [2.45, 2.75) is 32.7 Å². The van der Waals surface area contributed by atoms with Crippen molar-refractivity contribution in [3.63, 3.8) is 0 Å². The number of aromatic nitrogens is 2. The van der Waals surface area contributed by atoms with Crippen molar-refractivity contribution in [1.82, 2.24) is 14.1 Å². The first-order valence-corrected chi connectivity index (χ1v) is 8.22. The minimum atomic E-state index is -3.16. The van der Waals surface area contributed by atoms with E-state index in [0.717, 1.165) is 0 Å². The molecule has 0 spiro atoms. The van der Waals surface area contributed by atoms with Crippen LogP contribution in [0.15, 0.2) is 0 Å². The molecule has 0 bridgehead atoms. The molecule has 9 heteroatoms. The van der Waals surface area contributed by atoms with E-state index in [-0.39, 0.29) is 11.7 Å². The third-order valence-electron chi connectivity index (χ3n) is 3.71. The van der Waals surface area contributed by atoms with Crippen LogP contribution in [0.5, 0.6) is 0 Å². The van der Waals surface area contributed by atoms with Crippen molar-refractivity contribution in [3.8, 4) is 0 Å². The minimum absolute atomic E-state index is 0.0143. The molecule has 2 rings (SSSR count). The van der Waals surface area contributed by atoms with Crippen LogP contribution in [-0.4, -0.2) is 46.8 Å². The van der Waals surface area contributed by atoms with Crippen molar-refractivity contribution in [2.24, 2.45) is 0 Å². The maximum Gasteiger partial charge on any atom is 0.312 e. The van der Waals surface area contributed by atoms with Crippen LogP contribution in [0.25, 0.3) is 0 Å². The summed E-state index contributed by atoms with van der Waals surface area (Å²) >= 11 is 0. The molecule has 0 radical (unpaired) electrons. The van der Waals surface area contributed by atoms with Gasteiger partial charge in [-0.15, -0.1) is 0 Å². The second kappa shape index (κ2) is 5.13. The third-order valence-corrected chi connectivity index (χ3v) is 5.01. The maximum absolute atomic E-state index is 11.5. The molecule has 0 N–H and O–H groups in total. The molecule has 20 heavy (non-hydrogen) atoms. The maximum atomic E-state index is 11.5. The quantitative estimate of drug-likeness (QED) is 0.613. The van der Waals surface area contributed by atoms with Gasteiger partial charge in [-0.3, -0.25) is 14.8 Å². The van der Waals surface area contributed by atoms with Crippen LogP contribution in [0.3, 0.4) is 0 Å². The molecular weight excluding hydrogens is 284 g/mol. The summed E-state index contributed by atoms with van der Waals surface area (Å²) in [4.78, 5) is 10.6. The first-order chi connectivity index (χ1) is 9.21. The fourth-order valence-corrected chi connectivity index (χ4v) is 3.57. The minimum Gasteiger partial charge on any atom is -0.259 e. The first-order valence-electron chi connectivity index (χ1n) is 6.37. The van der Waals surface area contributed by atoms with Crippen LogP contribution in [0.4, 0.5) is 5.69 Å². The summed E-state index contributed by atoms with van der Waals surface area (Å²) in [5.74, 6) is 0. The van der Waals surface area contributed by atoms with Gasteiger partial charge in [0.15, 0.2) is 0 Å². The zero-order valence-electron chi connectivity index (χ0n) is 11.7. The van der Waals surface area contributed by atoms with Gasteiger partial charge in [-0.1, -0.05) is 0 Å². The van der Waals surface area contributed by atoms with Gasteiger partial charge < -0.3 is 0 Å². The largest absolute Gasteiger partial charge is 0.312 e. The van der Waals surface area contributed by atoms with Crippen molar-refractivity contribution >= 4 is 15.7 Å². The molecule has 1 aliphatic rings. The average Bonchev–Trinajstić information content (AvgIpc) is 2.64. The molecule has 1 aromatic rings. The molecule has 112 valence electrons. The molecule has 0 atom stereocenters. The lowest BCUT2D eigenvalue weighted by atomic mass is 10.1. The van der Waals surface area contributed by atoms with E-state index in [2.05, 4.69) is 5.10 Å². The van der Waals surface area contributed by atoms with E-state index in [0.29, 0.717) is 37.3 Å². The normalized spacial score (nSPS) is 18.4. The van der Waals surface area contributed by atoms with Gasteiger partial charge in [0, 0.05) is 13.1 Å². The zero-order chi connectivity index (χ0) is 15.1. The van der Waals surface area contributed by atoms with Crippen LogP contribution in [-0.2, 0) is 10.0 Å². The number of hydrogen-bond acceptors (Lipinski definition) is 5. The van der Waals surface area contributed by atoms with Gasteiger partial charge in [-0.05, 0) is 26.7 Å². The lowest BCUT2D eigenvalue weighted by Crippen LogP contribution is -2.38. The van der Waals surface area contributed by atoms with Gasteiger partial charge >= 0.3 is 5.69 Å². The SMILES string of the molecule is Cc1nn(C2CCN(S(C)(=O)=O)CC2)c(C)c1[N+](=O)[O-]. The van der Waals surface area contributed by atoms with E-state index in [1.165, 1.54) is 10.6 Å². The molecule has 0 saturated carbocycles. The predicted molar refractivity (Wildman–Crippen MR) is 73.0 cm³/mol. The Balaban J connectivity index is 2.20. The lowest BCUT2D eigenvalue weighted by molar-refractivity contribution is -0.386. The molecule has 1 fully saturated rings. The summed E-state index contributed by atoms with van der Waals surface area (Å²) in [7, 11) is -3.16. The molecule has 0 amide bonds. The molecule has 2 heterocycles. The first kappa shape index (κ1) is 14.9. The van der Waals surface area contributed by atoms with Crippen molar-refractivity contribution in [2.75, 3.05) is 19.3 Å². The van der Waals surface area contributed by atoms with Crippen LogP contribution in [0, 0.1) is 24.0 Å². The second-order valence-electron chi connectivity index (χ2n) is 5.11. The van der Waals surface area contributed by atoms with Gasteiger partial charge in [-0.25, -0.2) is 12.7 Å². The topological polar surface area (TPSA) is 98.3 Å². The van der Waals surface area contributed by atoms with Gasteiger partial charge in [0.05, 0.1) is 17.2 Å². The van der Waals surface area contributed by atoms with Gasteiger partial charge in [0.2, 0.25) is 10.0 Å². The molecular formula is C11H18N4O4S. The van der Waals surface area contributed by atoms with E-state index in [9.17, 15) is 18.5 Å². The Hall–Kier alpha value is -1.48. The van der Waals surface area contributed by atoms with E-state index >= 15 is 0 Å². The summed E-state index contributed by atoms with van der Waals surface area (Å²) in [6.07, 6.45) is 2.43. The number of aryl methyl sites for hydroxylation is 1. The highest BCUT2D eigenvalue weighted by Gasteiger charge is 2.30. The number of sulfonamides is 1. The highest BCUT2D eigenvalue weighted by atomic mass is 32.2. The Morgan fingerprint density at radius 3 is 2.25 bits per heavy atom. The van der Waals surface area contributed by atoms with Crippen LogP contribution in [0.2, 0.25) is 0 Å². The summed E-state index contributed by atoms with van der Waals surface area (Å²) in [6.45, 7) is 4.15. The Morgan fingerprint density at radius 2 is 1.85 bits per heavy atom. The fraction of sp³-hybridized carbons (Fsp3) is 0.727. The Kier molecular flexibility index (Phi) is 3.83. The molecule has 0 aromatic carbocycles. The van der Waals surface area contributed by atoms with Crippen LogP contribution >= 0.6 is 0 Å². The van der Waals surface area contributed by atoms with E-state index in [1.807, 2.05) is 0 Å². The molecule has 1 saturated heterocycles. The molecule has 0 unspecified atom stereocenters. The number of hydrogen-bond donors (Lipinski definition) is 0. The predicted octanol–water partition coefficient (Wildman–Crippen LogP) is 1.00. The summed E-state index contributed by atoms with van der Waals surface area (Å²) in [5, 5.41) is 15.2. The van der Waals surface area contributed by atoms with Crippen molar-refractivity contribution < 1.29 is 13.3 Å². The van der Waals surface area contributed by atoms with Gasteiger partial charge in [-0.2, -0.15) is 5.10 Å². The smallest absolute Gasteiger partial charge is 0.259 e. The fourth-order valence-electron chi connectivity index (χ4n) is 2.69. The van der Waals surface area contributed by atoms with Crippen LogP contribution < -0.4 is 0 Å². The number of nitro groups is 1. The average molecular weight is 302 g/mol. The highest BCUT2D eigenvalue weighted by molar-refractivity contribution is 7.88. The zero-order valence-corrected chi connectivity index (χ0v) is 12.6. The molecule has 0 aliphatic carbocycles. The third kappa shape index (κ3) is 2.68. The molecule has 8 nitrogen and oxygen atoms in total. The van der Waals surface area contributed by atoms with Crippen molar-refractivity contribution in [1.29, 1.82) is 0 Å². The van der Waals surface area contributed by atoms with E-state index < -0.39 is 14.9 Å². The van der Waals surface area contributed by atoms with E-state index in [1.54, 1.807) is 18.5 Å². The summed E-state index contributed by atoms with van der Waals surface area (Å²) < 4.78 is 26.0. The Bertz CT molecular complexity index is 629. The lowest BCUT2D eigenvalue weighted by Gasteiger charge is -2.30. The number of nitrogens with zero attached hydrogens (tertiary/aromatic N) is 4. The van der Waals surface area contributed by atoms with Crippen LogP contribution in [0.1, 0.15) is 30.3 Å². The van der Waals surface area contributed by atoms with Crippen molar-refractivity contribution in [3.05, 3.63) is 21.5 Å². The number of rotatable bonds is 3. The van der Waals surface area contributed by atoms with Gasteiger partial charge in [0.1, 0.15) is 11.4 Å². The second-order valence-corrected chi connectivity index (χ2v) is 7.10. The standard InChI is InChI=1S/C11H18N4O4S/c1-8-11(15(16)17)9(2)14(12-8)10-4-6-13(7-5-10)20(3,18)19/h10H,4-7H2,1-3H3. The Morgan fingerprint density at radius 1 is 1.30 bits per heavy atom. The molecule has 1 aromatic heterocycles. The Labute approximate surface area is 117 Å². The van der Waals surface area contributed by atoms with E-state index in [4.69, 9.17) is 0 Å². The summed E-state index contributed by atoms with van der Waals surface area (Å²) in [5.41, 5.74) is 0.985. The highest BCUT2D eigenvalue weighted by Crippen LogP contribution is 2.30. The molecule has 1 aliphatic heterocycles. The number of piperidine rings is 1.